The van der Waals surface area contributed by atoms with Gasteiger partial charge in [-0.25, -0.2) is 0 Å². The van der Waals surface area contributed by atoms with E-state index in [-0.39, 0.29) is 36.3 Å². The van der Waals surface area contributed by atoms with Crippen LogP contribution in [0.2, 0.25) is 0 Å². The summed E-state index contributed by atoms with van der Waals surface area (Å²) in [5.74, 6) is 1.19. The van der Waals surface area contributed by atoms with Crippen molar-refractivity contribution in [2.75, 3.05) is 19.6 Å². The maximum atomic E-state index is 13.3. The molecule has 1 aromatic carbocycles. The van der Waals surface area contributed by atoms with Crippen LogP contribution in [-0.2, 0) is 4.79 Å². The van der Waals surface area contributed by atoms with Crippen LogP contribution in [0.1, 0.15) is 61.7 Å². The fourth-order valence-corrected chi connectivity index (χ4v) is 5.40. The Morgan fingerprint density at radius 3 is 2.62 bits per heavy atom. The highest BCUT2D eigenvalue weighted by Gasteiger charge is 2.47. The van der Waals surface area contributed by atoms with Gasteiger partial charge in [0.1, 0.15) is 6.04 Å². The Bertz CT molecular complexity index is 678. The van der Waals surface area contributed by atoms with Gasteiger partial charge in [0.05, 0.1) is 0 Å². The van der Waals surface area contributed by atoms with Crippen molar-refractivity contribution in [3.05, 3.63) is 35.9 Å². The van der Waals surface area contributed by atoms with Gasteiger partial charge in [0.25, 0.3) is 5.91 Å². The summed E-state index contributed by atoms with van der Waals surface area (Å²) in [7, 11) is 0. The van der Waals surface area contributed by atoms with E-state index in [1.807, 2.05) is 35.2 Å². The molecule has 2 aliphatic heterocycles. The summed E-state index contributed by atoms with van der Waals surface area (Å²) in [6.07, 6.45) is 8.85. The number of nitrogens with one attached hydrogen (secondary N) is 2. The molecule has 0 radical (unpaired) electrons. The third kappa shape index (κ3) is 5.13. The molecule has 1 aliphatic carbocycles. The standard InChI is InChI=1S/C23H33N3O2.ClH/c27-22(25-14-12-17-7-6-13-24-16-17)21-15-19-10-4-5-11-20(19)26(21)23(28)18-8-2-1-3-9-18;/h1-3,8-9,17,19-21,24H,4-7,10-16H2,(H,25,27);1H. The third-order valence-corrected chi connectivity index (χ3v) is 6.90. The number of nitrogens with zero attached hydrogens (tertiary/aromatic N) is 1. The van der Waals surface area contributed by atoms with Crippen molar-refractivity contribution in [2.24, 2.45) is 11.8 Å². The second-order valence-corrected chi connectivity index (χ2v) is 8.73. The Kier molecular flexibility index (Phi) is 7.96. The summed E-state index contributed by atoms with van der Waals surface area (Å²) < 4.78 is 0. The van der Waals surface area contributed by atoms with Gasteiger partial charge in [-0.15, -0.1) is 12.4 Å². The van der Waals surface area contributed by atoms with Crippen molar-refractivity contribution in [3.8, 4) is 0 Å². The molecule has 2 N–H and O–H groups in total. The first-order valence-corrected chi connectivity index (χ1v) is 11.1. The topological polar surface area (TPSA) is 61.4 Å². The number of hydrogen-bond acceptors (Lipinski definition) is 3. The number of amides is 2. The second kappa shape index (κ2) is 10.4. The number of likely N-dealkylation sites (tertiary alicyclic amines) is 1. The van der Waals surface area contributed by atoms with Gasteiger partial charge in [-0.1, -0.05) is 31.0 Å². The number of carbonyl (C=O) groups excluding carboxylic acids is 2. The maximum absolute atomic E-state index is 13.3. The zero-order valence-electron chi connectivity index (χ0n) is 17.1. The van der Waals surface area contributed by atoms with E-state index in [1.54, 1.807) is 0 Å². The highest BCUT2D eigenvalue weighted by Crippen LogP contribution is 2.40. The SMILES string of the molecule is Cl.O=C(NCCC1CCCNC1)C1CC2CCCCC2N1C(=O)c1ccccc1. The van der Waals surface area contributed by atoms with E-state index in [2.05, 4.69) is 10.6 Å². The van der Waals surface area contributed by atoms with Crippen LogP contribution >= 0.6 is 12.4 Å². The molecule has 6 heteroatoms. The van der Waals surface area contributed by atoms with E-state index < -0.39 is 0 Å². The maximum Gasteiger partial charge on any atom is 0.254 e. The van der Waals surface area contributed by atoms with Crippen LogP contribution in [0.5, 0.6) is 0 Å². The fourth-order valence-electron chi connectivity index (χ4n) is 5.40. The van der Waals surface area contributed by atoms with E-state index in [0.717, 1.165) is 45.2 Å². The molecule has 3 fully saturated rings. The van der Waals surface area contributed by atoms with Crippen LogP contribution in [-0.4, -0.2) is 48.4 Å². The summed E-state index contributed by atoms with van der Waals surface area (Å²) >= 11 is 0. The van der Waals surface area contributed by atoms with Crippen LogP contribution in [0.15, 0.2) is 30.3 Å². The Labute approximate surface area is 180 Å². The number of fused-ring (bicyclic) bond motifs is 1. The minimum absolute atomic E-state index is 0. The minimum atomic E-state index is -0.315. The van der Waals surface area contributed by atoms with Crippen LogP contribution in [0.4, 0.5) is 0 Å². The van der Waals surface area contributed by atoms with Gasteiger partial charge in [-0.2, -0.15) is 0 Å². The molecule has 1 aromatic rings. The molecule has 1 saturated carbocycles. The Morgan fingerprint density at radius 1 is 1.07 bits per heavy atom. The highest BCUT2D eigenvalue weighted by molar-refractivity contribution is 5.98. The van der Waals surface area contributed by atoms with Gasteiger partial charge in [0.2, 0.25) is 5.91 Å². The summed E-state index contributed by atoms with van der Waals surface area (Å²) in [6, 6.07) is 9.36. The van der Waals surface area contributed by atoms with Crippen molar-refractivity contribution in [1.82, 2.24) is 15.5 Å². The first-order valence-electron chi connectivity index (χ1n) is 11.1. The lowest BCUT2D eigenvalue weighted by Crippen LogP contribution is -2.50. The average Bonchev–Trinajstić information content (AvgIpc) is 3.14. The molecule has 160 valence electrons. The molecule has 4 rings (SSSR count). The monoisotopic (exact) mass is 419 g/mol. The van der Waals surface area contributed by atoms with Crippen molar-refractivity contribution in [3.63, 3.8) is 0 Å². The van der Waals surface area contributed by atoms with E-state index in [4.69, 9.17) is 0 Å². The molecule has 2 amide bonds. The molecule has 0 spiro atoms. The summed E-state index contributed by atoms with van der Waals surface area (Å²) in [5, 5.41) is 6.59. The van der Waals surface area contributed by atoms with Gasteiger partial charge < -0.3 is 15.5 Å². The van der Waals surface area contributed by atoms with Crippen molar-refractivity contribution >= 4 is 24.2 Å². The molecule has 4 atom stereocenters. The first-order chi connectivity index (χ1) is 13.7. The molecule has 0 aromatic heterocycles. The highest BCUT2D eigenvalue weighted by atomic mass is 35.5. The van der Waals surface area contributed by atoms with Crippen molar-refractivity contribution < 1.29 is 9.59 Å². The van der Waals surface area contributed by atoms with E-state index in [1.165, 1.54) is 19.3 Å². The number of benzene rings is 1. The quantitative estimate of drug-likeness (QED) is 0.769. The smallest absolute Gasteiger partial charge is 0.254 e. The lowest BCUT2D eigenvalue weighted by molar-refractivity contribution is -0.125. The second-order valence-electron chi connectivity index (χ2n) is 8.73. The summed E-state index contributed by atoms with van der Waals surface area (Å²) in [6.45, 7) is 2.89. The van der Waals surface area contributed by atoms with Crippen LogP contribution in [0.25, 0.3) is 0 Å². The molecular weight excluding hydrogens is 386 g/mol. The zero-order valence-corrected chi connectivity index (χ0v) is 18.0. The largest absolute Gasteiger partial charge is 0.354 e. The molecule has 0 bridgehead atoms. The summed E-state index contributed by atoms with van der Waals surface area (Å²) in [5.41, 5.74) is 0.694. The number of carbonyl (C=O) groups is 2. The van der Waals surface area contributed by atoms with Gasteiger partial charge >= 0.3 is 0 Å². The van der Waals surface area contributed by atoms with E-state index in [9.17, 15) is 9.59 Å². The molecule has 29 heavy (non-hydrogen) atoms. The molecule has 2 heterocycles. The lowest BCUT2D eigenvalue weighted by atomic mass is 9.84. The van der Waals surface area contributed by atoms with Crippen LogP contribution in [0, 0.1) is 11.8 Å². The Balaban J connectivity index is 0.00000240. The summed E-state index contributed by atoms with van der Waals surface area (Å²) in [4.78, 5) is 28.3. The predicted octanol–water partition coefficient (Wildman–Crippen LogP) is 3.39. The van der Waals surface area contributed by atoms with Gasteiger partial charge in [-0.3, -0.25) is 9.59 Å². The molecule has 4 unspecified atom stereocenters. The molecule has 2 saturated heterocycles. The van der Waals surface area contributed by atoms with Gasteiger partial charge in [0.15, 0.2) is 0 Å². The van der Waals surface area contributed by atoms with Crippen LogP contribution < -0.4 is 10.6 Å². The zero-order chi connectivity index (χ0) is 19.3. The third-order valence-electron chi connectivity index (χ3n) is 6.90. The van der Waals surface area contributed by atoms with E-state index >= 15 is 0 Å². The van der Waals surface area contributed by atoms with Crippen LogP contribution in [0.3, 0.4) is 0 Å². The first kappa shape index (κ1) is 22.1. The minimum Gasteiger partial charge on any atom is -0.354 e. The number of halogens is 1. The normalized spacial score (nSPS) is 28.9. The predicted molar refractivity (Wildman–Crippen MR) is 117 cm³/mol. The fraction of sp³-hybridized carbons (Fsp3) is 0.652. The molecule has 3 aliphatic rings. The number of piperidine rings is 1. The lowest BCUT2D eigenvalue weighted by Gasteiger charge is -2.33. The van der Waals surface area contributed by atoms with Gasteiger partial charge in [0, 0.05) is 18.2 Å². The van der Waals surface area contributed by atoms with Gasteiger partial charge in [-0.05, 0) is 75.6 Å². The Hall–Kier alpha value is -1.59. The van der Waals surface area contributed by atoms with Crippen molar-refractivity contribution in [1.29, 1.82) is 0 Å². The average molecular weight is 420 g/mol. The number of hydrogen-bond donors (Lipinski definition) is 2. The molecule has 5 nitrogen and oxygen atoms in total. The van der Waals surface area contributed by atoms with Crippen molar-refractivity contribution in [2.45, 2.75) is 63.5 Å². The van der Waals surface area contributed by atoms with E-state index in [0.29, 0.717) is 23.9 Å². The molecular formula is C23H34ClN3O2. The Morgan fingerprint density at radius 2 is 1.86 bits per heavy atom. The number of rotatable bonds is 5.